The molecule has 0 spiro atoms. The lowest BCUT2D eigenvalue weighted by Crippen LogP contribution is -2.30. The van der Waals surface area contributed by atoms with Gasteiger partial charge in [0.2, 0.25) is 0 Å². The number of anilines is 1. The Morgan fingerprint density at radius 3 is 2.17 bits per heavy atom. The SMILES string of the molecule is CCNC(=O)c1ccc(NC(=O)C(F)(F)F)cc1. The summed E-state index contributed by atoms with van der Waals surface area (Å²) in [7, 11) is 0. The highest BCUT2D eigenvalue weighted by Gasteiger charge is 2.38. The van der Waals surface area contributed by atoms with E-state index >= 15 is 0 Å². The fraction of sp³-hybridized carbons (Fsp3) is 0.273. The van der Waals surface area contributed by atoms with Crippen molar-refractivity contribution < 1.29 is 22.8 Å². The molecule has 0 unspecified atom stereocenters. The largest absolute Gasteiger partial charge is 0.471 e. The van der Waals surface area contributed by atoms with Gasteiger partial charge in [-0.2, -0.15) is 13.2 Å². The first-order valence-corrected chi connectivity index (χ1v) is 5.11. The van der Waals surface area contributed by atoms with Gasteiger partial charge >= 0.3 is 12.1 Å². The molecular formula is C11H11F3N2O2. The van der Waals surface area contributed by atoms with Gasteiger partial charge in [0.15, 0.2) is 0 Å². The Morgan fingerprint density at radius 2 is 1.72 bits per heavy atom. The number of carbonyl (C=O) groups excluding carboxylic acids is 2. The zero-order valence-electron chi connectivity index (χ0n) is 9.47. The monoisotopic (exact) mass is 260 g/mol. The Kier molecular flexibility index (Phi) is 4.30. The number of amides is 2. The van der Waals surface area contributed by atoms with Gasteiger partial charge in [-0.1, -0.05) is 0 Å². The molecule has 0 heterocycles. The number of benzene rings is 1. The molecule has 4 nitrogen and oxygen atoms in total. The van der Waals surface area contributed by atoms with E-state index in [4.69, 9.17) is 0 Å². The first-order chi connectivity index (χ1) is 8.34. The molecule has 2 amide bonds. The summed E-state index contributed by atoms with van der Waals surface area (Å²) in [6, 6.07) is 5.12. The van der Waals surface area contributed by atoms with Crippen molar-refractivity contribution in [3.05, 3.63) is 29.8 Å². The number of rotatable bonds is 3. The second-order valence-electron chi connectivity index (χ2n) is 3.39. The molecule has 0 fully saturated rings. The quantitative estimate of drug-likeness (QED) is 0.872. The van der Waals surface area contributed by atoms with E-state index < -0.39 is 12.1 Å². The predicted octanol–water partition coefficient (Wildman–Crippen LogP) is 1.94. The minimum atomic E-state index is -4.93. The molecule has 1 aromatic carbocycles. The standard InChI is InChI=1S/C11H11F3N2O2/c1-2-15-9(17)7-3-5-8(6-4-7)16-10(18)11(12,13)14/h3-6H,2H2,1H3,(H,15,17)(H,16,18). The maximum atomic E-state index is 12.0. The zero-order valence-corrected chi connectivity index (χ0v) is 9.47. The Bertz CT molecular complexity index is 441. The molecule has 18 heavy (non-hydrogen) atoms. The van der Waals surface area contributed by atoms with Crippen molar-refractivity contribution in [2.45, 2.75) is 13.1 Å². The third kappa shape index (κ3) is 3.76. The zero-order chi connectivity index (χ0) is 13.8. The van der Waals surface area contributed by atoms with Crippen molar-refractivity contribution in [1.29, 1.82) is 0 Å². The van der Waals surface area contributed by atoms with Crippen LogP contribution in [-0.2, 0) is 4.79 Å². The summed E-state index contributed by atoms with van der Waals surface area (Å²) in [5.74, 6) is -2.38. The van der Waals surface area contributed by atoms with Crippen LogP contribution in [0, 0.1) is 0 Å². The molecule has 0 aliphatic carbocycles. The lowest BCUT2D eigenvalue weighted by atomic mass is 10.2. The summed E-state index contributed by atoms with van der Waals surface area (Å²) in [4.78, 5) is 22.0. The van der Waals surface area contributed by atoms with Crippen molar-refractivity contribution in [1.82, 2.24) is 5.32 Å². The highest BCUT2D eigenvalue weighted by atomic mass is 19.4. The molecule has 0 aromatic heterocycles. The maximum absolute atomic E-state index is 12.0. The van der Waals surface area contributed by atoms with Crippen LogP contribution in [-0.4, -0.2) is 24.5 Å². The van der Waals surface area contributed by atoms with Crippen molar-refractivity contribution in [3.8, 4) is 0 Å². The normalized spacial score (nSPS) is 10.9. The molecule has 0 aliphatic heterocycles. The van der Waals surface area contributed by atoms with Crippen LogP contribution in [0.2, 0.25) is 0 Å². The summed E-state index contributed by atoms with van der Waals surface area (Å²) in [6.07, 6.45) is -4.93. The summed E-state index contributed by atoms with van der Waals surface area (Å²) < 4.78 is 35.9. The van der Waals surface area contributed by atoms with E-state index in [1.54, 1.807) is 12.2 Å². The molecule has 0 saturated carbocycles. The van der Waals surface area contributed by atoms with Gasteiger partial charge < -0.3 is 10.6 Å². The molecular weight excluding hydrogens is 249 g/mol. The number of carbonyl (C=O) groups is 2. The van der Waals surface area contributed by atoms with Crippen LogP contribution >= 0.6 is 0 Å². The van der Waals surface area contributed by atoms with E-state index in [1.165, 1.54) is 24.3 Å². The molecule has 0 atom stereocenters. The van der Waals surface area contributed by atoms with E-state index in [-0.39, 0.29) is 11.6 Å². The topological polar surface area (TPSA) is 58.2 Å². The fourth-order valence-corrected chi connectivity index (χ4v) is 1.17. The van der Waals surface area contributed by atoms with Crippen molar-refractivity contribution in [2.75, 3.05) is 11.9 Å². The van der Waals surface area contributed by atoms with Crippen molar-refractivity contribution in [2.24, 2.45) is 0 Å². The Morgan fingerprint density at radius 1 is 1.17 bits per heavy atom. The first kappa shape index (κ1) is 14.0. The minimum Gasteiger partial charge on any atom is -0.352 e. The van der Waals surface area contributed by atoms with Crippen LogP contribution in [0.25, 0.3) is 0 Å². The number of hydrogen-bond donors (Lipinski definition) is 2. The van der Waals surface area contributed by atoms with Crippen LogP contribution in [0.5, 0.6) is 0 Å². The number of nitrogens with one attached hydrogen (secondary N) is 2. The van der Waals surface area contributed by atoms with Crippen molar-refractivity contribution in [3.63, 3.8) is 0 Å². The maximum Gasteiger partial charge on any atom is 0.471 e. The number of hydrogen-bond acceptors (Lipinski definition) is 2. The van der Waals surface area contributed by atoms with Crippen LogP contribution in [0.1, 0.15) is 17.3 Å². The molecule has 98 valence electrons. The molecule has 1 rings (SSSR count). The highest BCUT2D eigenvalue weighted by molar-refractivity contribution is 5.97. The number of alkyl halides is 3. The third-order valence-corrected chi connectivity index (χ3v) is 2.00. The summed E-state index contributed by atoms with van der Waals surface area (Å²) in [6.45, 7) is 2.20. The van der Waals surface area contributed by atoms with Crippen molar-refractivity contribution >= 4 is 17.5 Å². The lowest BCUT2D eigenvalue weighted by Gasteiger charge is -2.08. The lowest BCUT2D eigenvalue weighted by molar-refractivity contribution is -0.167. The predicted molar refractivity (Wildman–Crippen MR) is 59.1 cm³/mol. The molecule has 1 aromatic rings. The van der Waals surface area contributed by atoms with Gasteiger partial charge in [0.25, 0.3) is 5.91 Å². The Balaban J connectivity index is 2.72. The van der Waals surface area contributed by atoms with Gasteiger partial charge in [0.1, 0.15) is 0 Å². The summed E-state index contributed by atoms with van der Waals surface area (Å²) in [5.41, 5.74) is 0.284. The molecule has 7 heteroatoms. The van der Waals surface area contributed by atoms with Crippen LogP contribution < -0.4 is 10.6 Å². The van der Waals surface area contributed by atoms with Gasteiger partial charge in [-0.05, 0) is 31.2 Å². The summed E-state index contributed by atoms with van der Waals surface area (Å²) >= 11 is 0. The Labute approximate surface area is 101 Å². The van der Waals surface area contributed by atoms with Crippen LogP contribution in [0.3, 0.4) is 0 Å². The second kappa shape index (κ2) is 5.52. The van der Waals surface area contributed by atoms with E-state index in [2.05, 4.69) is 5.32 Å². The van der Waals surface area contributed by atoms with E-state index in [0.29, 0.717) is 12.1 Å². The summed E-state index contributed by atoms with van der Waals surface area (Å²) in [5, 5.41) is 4.22. The van der Waals surface area contributed by atoms with E-state index in [9.17, 15) is 22.8 Å². The Hall–Kier alpha value is -2.05. The fourth-order valence-electron chi connectivity index (χ4n) is 1.17. The molecule has 0 radical (unpaired) electrons. The van der Waals surface area contributed by atoms with Gasteiger partial charge in [-0.3, -0.25) is 9.59 Å². The van der Waals surface area contributed by atoms with Crippen LogP contribution in [0.4, 0.5) is 18.9 Å². The first-order valence-electron chi connectivity index (χ1n) is 5.11. The molecule has 0 bridgehead atoms. The van der Waals surface area contributed by atoms with Gasteiger partial charge in [0, 0.05) is 17.8 Å². The molecule has 2 N–H and O–H groups in total. The smallest absolute Gasteiger partial charge is 0.352 e. The average Bonchev–Trinajstić information content (AvgIpc) is 2.29. The number of halogens is 3. The van der Waals surface area contributed by atoms with Gasteiger partial charge in [-0.15, -0.1) is 0 Å². The van der Waals surface area contributed by atoms with Gasteiger partial charge in [-0.25, -0.2) is 0 Å². The molecule has 0 aliphatic rings. The van der Waals surface area contributed by atoms with E-state index in [1.807, 2.05) is 0 Å². The average molecular weight is 260 g/mol. The molecule has 0 saturated heterocycles. The van der Waals surface area contributed by atoms with E-state index in [0.717, 1.165) is 0 Å². The second-order valence-corrected chi connectivity index (χ2v) is 3.39. The highest BCUT2D eigenvalue weighted by Crippen LogP contribution is 2.18. The minimum absolute atomic E-state index is 0.0228. The van der Waals surface area contributed by atoms with Crippen LogP contribution in [0.15, 0.2) is 24.3 Å². The third-order valence-electron chi connectivity index (χ3n) is 2.00. The van der Waals surface area contributed by atoms with Gasteiger partial charge in [0.05, 0.1) is 0 Å².